The van der Waals surface area contributed by atoms with Gasteiger partial charge in [0.15, 0.2) is 0 Å². The van der Waals surface area contributed by atoms with Gasteiger partial charge in [-0.05, 0) is 58.4 Å². The van der Waals surface area contributed by atoms with Gasteiger partial charge < -0.3 is 14.2 Å². The van der Waals surface area contributed by atoms with Crippen molar-refractivity contribution in [2.75, 3.05) is 20.3 Å². The van der Waals surface area contributed by atoms with Gasteiger partial charge in [0.1, 0.15) is 24.7 Å². The first-order valence-electron chi connectivity index (χ1n) is 7.07. The highest BCUT2D eigenvalue weighted by Crippen LogP contribution is 2.21. The van der Waals surface area contributed by atoms with Gasteiger partial charge in [0.25, 0.3) is 0 Å². The van der Waals surface area contributed by atoms with Gasteiger partial charge in [-0.1, -0.05) is 0 Å². The molecule has 0 saturated heterocycles. The fraction of sp³-hybridized carbons (Fsp3) is 0.188. The first-order valence-corrected chi connectivity index (χ1v) is 9.41. The first kappa shape index (κ1) is 19.2. The summed E-state index contributed by atoms with van der Waals surface area (Å²) in [6.45, 7) is 0.140. The highest BCUT2D eigenvalue weighted by atomic mass is 79.9. The molecule has 9 heteroatoms. The summed E-state index contributed by atoms with van der Waals surface area (Å²) in [6, 6.07) is 10.8. The molecule has 0 amide bonds. The molecule has 0 fully saturated rings. The lowest BCUT2D eigenvalue weighted by molar-refractivity contribution is 0.0449. The lowest BCUT2D eigenvalue weighted by Gasteiger charge is -2.09. The maximum atomic E-state index is 12.1. The Morgan fingerprint density at radius 1 is 1.08 bits per heavy atom. The van der Waals surface area contributed by atoms with Crippen LogP contribution in [0.5, 0.6) is 11.5 Å². The van der Waals surface area contributed by atoms with E-state index in [1.807, 2.05) is 0 Å². The Balaban J connectivity index is 1.91. The van der Waals surface area contributed by atoms with Gasteiger partial charge in [0, 0.05) is 4.47 Å². The maximum absolute atomic E-state index is 12.1. The Morgan fingerprint density at radius 3 is 2.32 bits per heavy atom. The molecule has 2 N–H and O–H groups in total. The Morgan fingerprint density at radius 2 is 1.72 bits per heavy atom. The Kier molecular flexibility index (Phi) is 6.40. The van der Waals surface area contributed by atoms with Crippen LogP contribution < -0.4 is 14.6 Å². The highest BCUT2D eigenvalue weighted by Gasteiger charge is 2.16. The van der Waals surface area contributed by atoms with E-state index in [0.29, 0.717) is 16.0 Å². The zero-order valence-corrected chi connectivity index (χ0v) is 15.7. The van der Waals surface area contributed by atoms with Crippen LogP contribution in [0.4, 0.5) is 0 Å². The lowest BCUT2D eigenvalue weighted by Crippen LogP contribution is -2.15. The number of carbonyl (C=O) groups is 1. The van der Waals surface area contributed by atoms with Gasteiger partial charge in [0.2, 0.25) is 10.0 Å². The van der Waals surface area contributed by atoms with Crippen molar-refractivity contribution in [3.8, 4) is 11.5 Å². The van der Waals surface area contributed by atoms with Crippen LogP contribution in [0.25, 0.3) is 0 Å². The largest absolute Gasteiger partial charge is 0.497 e. The number of carbonyl (C=O) groups excluding carboxylic acids is 1. The molecule has 0 heterocycles. The van der Waals surface area contributed by atoms with Crippen molar-refractivity contribution in [1.82, 2.24) is 0 Å². The summed E-state index contributed by atoms with van der Waals surface area (Å²) in [5.41, 5.74) is 0.0657. The van der Waals surface area contributed by atoms with Crippen molar-refractivity contribution in [3.63, 3.8) is 0 Å². The van der Waals surface area contributed by atoms with Crippen LogP contribution in [0.15, 0.2) is 51.8 Å². The van der Waals surface area contributed by atoms with Crippen molar-refractivity contribution in [3.05, 3.63) is 52.5 Å². The number of benzene rings is 2. The molecule has 134 valence electrons. The van der Waals surface area contributed by atoms with Gasteiger partial charge in [0.05, 0.1) is 17.6 Å². The normalized spacial score (nSPS) is 11.0. The molecule has 2 aromatic rings. The minimum Gasteiger partial charge on any atom is -0.497 e. The third kappa shape index (κ3) is 5.45. The summed E-state index contributed by atoms with van der Waals surface area (Å²) in [7, 11) is -2.34. The zero-order valence-electron chi connectivity index (χ0n) is 13.3. The molecule has 0 saturated carbocycles. The molecule has 0 aliphatic heterocycles. The number of primary sulfonamides is 1. The number of hydrogen-bond acceptors (Lipinski definition) is 6. The number of rotatable bonds is 7. The molecule has 0 aliphatic rings. The summed E-state index contributed by atoms with van der Waals surface area (Å²) < 4.78 is 38.7. The molecule has 0 atom stereocenters. The number of hydrogen-bond donors (Lipinski definition) is 1. The van der Waals surface area contributed by atoms with E-state index in [0.717, 1.165) is 6.07 Å². The number of esters is 1. The Hall–Kier alpha value is -2.10. The van der Waals surface area contributed by atoms with Crippen LogP contribution in [0, 0.1) is 0 Å². The summed E-state index contributed by atoms with van der Waals surface area (Å²) in [5.74, 6) is 0.628. The van der Waals surface area contributed by atoms with Crippen molar-refractivity contribution in [1.29, 1.82) is 0 Å². The SMILES string of the molecule is COc1ccc(OCCOC(=O)c2cc(S(N)(=O)=O)ccc2Br)cc1. The molecule has 0 aromatic heterocycles. The first-order chi connectivity index (χ1) is 11.8. The number of sulfonamides is 1. The van der Waals surface area contributed by atoms with E-state index in [2.05, 4.69) is 15.9 Å². The molecular formula is C16H16BrNO6S. The topological polar surface area (TPSA) is 105 Å². The summed E-state index contributed by atoms with van der Waals surface area (Å²) in [6.07, 6.45) is 0. The molecule has 0 bridgehead atoms. The van der Waals surface area contributed by atoms with E-state index in [1.165, 1.54) is 12.1 Å². The van der Waals surface area contributed by atoms with Gasteiger partial charge in [-0.2, -0.15) is 0 Å². The molecule has 0 unspecified atom stereocenters. The average molecular weight is 430 g/mol. The van der Waals surface area contributed by atoms with Crippen molar-refractivity contribution >= 4 is 31.9 Å². The predicted octanol–water partition coefficient (Wildman–Crippen LogP) is 2.34. The number of halogens is 1. The van der Waals surface area contributed by atoms with Gasteiger partial charge >= 0.3 is 5.97 Å². The van der Waals surface area contributed by atoms with Gasteiger partial charge in [-0.3, -0.25) is 0 Å². The van der Waals surface area contributed by atoms with Crippen LogP contribution in [0.2, 0.25) is 0 Å². The quantitative estimate of drug-likeness (QED) is 0.534. The van der Waals surface area contributed by atoms with Crippen molar-refractivity contribution in [2.45, 2.75) is 4.90 Å². The van der Waals surface area contributed by atoms with Crippen LogP contribution in [-0.2, 0) is 14.8 Å². The Bertz CT molecular complexity index is 851. The molecule has 25 heavy (non-hydrogen) atoms. The molecule has 0 radical (unpaired) electrons. The number of nitrogens with two attached hydrogens (primary N) is 1. The van der Waals surface area contributed by atoms with E-state index >= 15 is 0 Å². The van der Waals surface area contributed by atoms with Crippen LogP contribution in [0.3, 0.4) is 0 Å². The molecular weight excluding hydrogens is 414 g/mol. The summed E-state index contributed by atoms with van der Waals surface area (Å²) in [4.78, 5) is 11.9. The average Bonchev–Trinajstić information content (AvgIpc) is 2.58. The third-order valence-electron chi connectivity index (χ3n) is 3.13. The summed E-state index contributed by atoms with van der Waals surface area (Å²) in [5, 5.41) is 5.06. The van der Waals surface area contributed by atoms with E-state index in [-0.39, 0.29) is 23.7 Å². The van der Waals surface area contributed by atoms with E-state index in [1.54, 1.807) is 31.4 Å². The lowest BCUT2D eigenvalue weighted by atomic mass is 10.2. The second-order valence-corrected chi connectivity index (χ2v) is 7.26. The molecule has 2 rings (SSSR count). The van der Waals surface area contributed by atoms with Gasteiger partial charge in [-0.25, -0.2) is 18.4 Å². The zero-order chi connectivity index (χ0) is 18.4. The fourth-order valence-corrected chi connectivity index (χ4v) is 2.83. The third-order valence-corrected chi connectivity index (χ3v) is 4.73. The Labute approximate surface area is 153 Å². The number of methoxy groups -OCH3 is 1. The molecule has 0 aliphatic carbocycles. The minimum absolute atomic E-state index is 0.00307. The number of ether oxygens (including phenoxy) is 3. The monoisotopic (exact) mass is 429 g/mol. The van der Waals surface area contributed by atoms with E-state index < -0.39 is 16.0 Å². The summed E-state index contributed by atoms with van der Waals surface area (Å²) >= 11 is 3.18. The van der Waals surface area contributed by atoms with Crippen LogP contribution >= 0.6 is 15.9 Å². The molecule has 0 spiro atoms. The van der Waals surface area contributed by atoms with Crippen LogP contribution in [-0.4, -0.2) is 34.7 Å². The second kappa shape index (κ2) is 8.32. The smallest absolute Gasteiger partial charge is 0.339 e. The molecule has 7 nitrogen and oxygen atoms in total. The predicted molar refractivity (Wildman–Crippen MR) is 94.3 cm³/mol. The molecule has 2 aromatic carbocycles. The van der Waals surface area contributed by atoms with Crippen molar-refractivity contribution < 1.29 is 27.4 Å². The fourth-order valence-electron chi connectivity index (χ4n) is 1.88. The standard InChI is InChI=1S/C16H16BrNO6S/c1-22-11-2-4-12(5-3-11)23-8-9-24-16(19)14-10-13(25(18,20)21)6-7-15(14)17/h2-7,10H,8-9H2,1H3,(H2,18,20,21). The maximum Gasteiger partial charge on any atom is 0.339 e. The minimum atomic E-state index is -3.91. The van der Waals surface area contributed by atoms with E-state index in [4.69, 9.17) is 19.3 Å². The second-order valence-electron chi connectivity index (χ2n) is 4.85. The van der Waals surface area contributed by atoms with Gasteiger partial charge in [-0.15, -0.1) is 0 Å². The van der Waals surface area contributed by atoms with E-state index in [9.17, 15) is 13.2 Å². The van der Waals surface area contributed by atoms with Crippen LogP contribution in [0.1, 0.15) is 10.4 Å². The highest BCUT2D eigenvalue weighted by molar-refractivity contribution is 9.10. The van der Waals surface area contributed by atoms with Crippen molar-refractivity contribution in [2.24, 2.45) is 5.14 Å².